The van der Waals surface area contributed by atoms with E-state index in [0.717, 1.165) is 11.3 Å². The second-order valence-electron chi connectivity index (χ2n) is 6.17. The SMILES string of the molecule is CCOC(=O)c1c(Nc2ccc(-c3ccc(OC)cc3)nn2)oc(C)c1C(C)=O. The lowest BCUT2D eigenvalue weighted by atomic mass is 10.1. The van der Waals surface area contributed by atoms with Gasteiger partial charge in [-0.3, -0.25) is 4.79 Å². The molecule has 0 amide bonds. The number of carbonyl (C=O) groups excluding carboxylic acids is 2. The van der Waals surface area contributed by atoms with Crippen molar-refractivity contribution < 1.29 is 23.5 Å². The molecule has 0 unspecified atom stereocenters. The van der Waals surface area contributed by atoms with Crippen molar-refractivity contribution in [3.8, 4) is 17.0 Å². The van der Waals surface area contributed by atoms with Gasteiger partial charge < -0.3 is 19.2 Å². The molecule has 1 N–H and O–H groups in total. The van der Waals surface area contributed by atoms with E-state index in [1.807, 2.05) is 24.3 Å². The lowest BCUT2D eigenvalue weighted by Crippen LogP contribution is -2.11. The molecule has 150 valence electrons. The van der Waals surface area contributed by atoms with Gasteiger partial charge in [-0.15, -0.1) is 10.2 Å². The summed E-state index contributed by atoms with van der Waals surface area (Å²) in [5.74, 6) is 0.601. The van der Waals surface area contributed by atoms with Crippen LogP contribution in [0.15, 0.2) is 40.8 Å². The molecular formula is C21H21N3O5. The number of aromatic nitrogens is 2. The lowest BCUT2D eigenvalue weighted by Gasteiger charge is -2.07. The van der Waals surface area contributed by atoms with Gasteiger partial charge in [0.2, 0.25) is 5.88 Å². The average molecular weight is 395 g/mol. The van der Waals surface area contributed by atoms with Crippen LogP contribution in [0.25, 0.3) is 11.3 Å². The number of methoxy groups -OCH3 is 1. The first-order valence-corrected chi connectivity index (χ1v) is 9.01. The van der Waals surface area contributed by atoms with Crippen molar-refractivity contribution in [1.82, 2.24) is 10.2 Å². The largest absolute Gasteiger partial charge is 0.497 e. The predicted molar refractivity (Wildman–Crippen MR) is 107 cm³/mol. The van der Waals surface area contributed by atoms with Gasteiger partial charge in [-0.2, -0.15) is 0 Å². The third kappa shape index (κ3) is 4.26. The molecule has 2 aromatic heterocycles. The first-order valence-electron chi connectivity index (χ1n) is 9.01. The number of carbonyl (C=O) groups is 2. The second-order valence-corrected chi connectivity index (χ2v) is 6.17. The van der Waals surface area contributed by atoms with E-state index < -0.39 is 5.97 Å². The molecule has 0 aliphatic heterocycles. The summed E-state index contributed by atoms with van der Waals surface area (Å²) in [5, 5.41) is 11.2. The number of anilines is 2. The van der Waals surface area contributed by atoms with Crippen molar-refractivity contribution in [2.45, 2.75) is 20.8 Å². The number of nitrogens with zero attached hydrogens (tertiary/aromatic N) is 2. The number of nitrogens with one attached hydrogen (secondary N) is 1. The van der Waals surface area contributed by atoms with Gasteiger partial charge in [-0.05, 0) is 57.2 Å². The molecule has 0 atom stereocenters. The zero-order valence-corrected chi connectivity index (χ0v) is 16.6. The van der Waals surface area contributed by atoms with Crippen LogP contribution in [0.4, 0.5) is 11.7 Å². The molecule has 0 spiro atoms. The van der Waals surface area contributed by atoms with Crippen molar-refractivity contribution in [1.29, 1.82) is 0 Å². The summed E-state index contributed by atoms with van der Waals surface area (Å²) >= 11 is 0. The summed E-state index contributed by atoms with van der Waals surface area (Å²) in [5.41, 5.74) is 1.79. The fraction of sp³-hybridized carbons (Fsp3) is 0.238. The second kappa shape index (κ2) is 8.55. The Labute approximate surface area is 167 Å². The minimum absolute atomic E-state index is 0.0536. The van der Waals surface area contributed by atoms with E-state index in [1.165, 1.54) is 6.92 Å². The zero-order valence-electron chi connectivity index (χ0n) is 16.6. The normalized spacial score (nSPS) is 10.5. The van der Waals surface area contributed by atoms with Crippen LogP contribution in [-0.2, 0) is 4.74 Å². The van der Waals surface area contributed by atoms with Crippen molar-refractivity contribution in [2.24, 2.45) is 0 Å². The summed E-state index contributed by atoms with van der Waals surface area (Å²) in [6, 6.07) is 10.9. The van der Waals surface area contributed by atoms with Crippen LogP contribution in [0.3, 0.4) is 0 Å². The summed E-state index contributed by atoms with van der Waals surface area (Å²) < 4.78 is 15.8. The molecule has 0 bridgehead atoms. The van der Waals surface area contributed by atoms with Gasteiger partial charge >= 0.3 is 5.97 Å². The Balaban J connectivity index is 1.88. The van der Waals surface area contributed by atoms with Crippen molar-refractivity contribution >= 4 is 23.5 Å². The Hall–Kier alpha value is -3.68. The van der Waals surface area contributed by atoms with E-state index in [1.54, 1.807) is 33.1 Å². The minimum atomic E-state index is -0.639. The Morgan fingerprint density at radius 2 is 1.79 bits per heavy atom. The number of furan rings is 1. The molecule has 0 fully saturated rings. The minimum Gasteiger partial charge on any atom is -0.497 e. The number of benzene rings is 1. The molecule has 0 radical (unpaired) electrons. The molecule has 29 heavy (non-hydrogen) atoms. The first kappa shape index (κ1) is 20.1. The predicted octanol–water partition coefficient (Wildman–Crippen LogP) is 4.18. The molecule has 0 aliphatic rings. The van der Waals surface area contributed by atoms with E-state index >= 15 is 0 Å². The summed E-state index contributed by atoms with van der Waals surface area (Å²) in [4.78, 5) is 24.3. The smallest absolute Gasteiger partial charge is 0.344 e. The average Bonchev–Trinajstić information content (AvgIpc) is 3.05. The maximum atomic E-state index is 12.4. The van der Waals surface area contributed by atoms with Crippen molar-refractivity contribution in [3.05, 3.63) is 53.3 Å². The quantitative estimate of drug-likeness (QED) is 0.469. The number of hydrogen-bond donors (Lipinski definition) is 1. The summed E-state index contributed by atoms with van der Waals surface area (Å²) in [7, 11) is 1.60. The van der Waals surface area contributed by atoms with Crippen LogP contribution in [0.1, 0.15) is 40.3 Å². The van der Waals surface area contributed by atoms with Crippen LogP contribution < -0.4 is 10.1 Å². The van der Waals surface area contributed by atoms with Gasteiger partial charge in [-0.25, -0.2) is 4.79 Å². The van der Waals surface area contributed by atoms with Crippen LogP contribution in [0, 0.1) is 6.92 Å². The van der Waals surface area contributed by atoms with Crippen LogP contribution in [0.5, 0.6) is 5.75 Å². The Kier molecular flexibility index (Phi) is 5.92. The Morgan fingerprint density at radius 1 is 1.07 bits per heavy atom. The number of Topliss-reactive ketones (excluding diaryl/α,β-unsaturated/α-hetero) is 1. The van der Waals surface area contributed by atoms with E-state index in [9.17, 15) is 9.59 Å². The monoisotopic (exact) mass is 395 g/mol. The maximum Gasteiger partial charge on any atom is 0.344 e. The number of hydrogen-bond acceptors (Lipinski definition) is 8. The molecule has 3 aromatic rings. The summed E-state index contributed by atoms with van der Waals surface area (Å²) in [6.07, 6.45) is 0. The highest BCUT2D eigenvalue weighted by Crippen LogP contribution is 2.30. The highest BCUT2D eigenvalue weighted by atomic mass is 16.5. The van der Waals surface area contributed by atoms with Gasteiger partial charge in [0.15, 0.2) is 11.6 Å². The fourth-order valence-electron chi connectivity index (χ4n) is 2.89. The van der Waals surface area contributed by atoms with Crippen molar-refractivity contribution in [3.63, 3.8) is 0 Å². The zero-order chi connectivity index (χ0) is 21.0. The number of ketones is 1. The number of rotatable bonds is 7. The summed E-state index contributed by atoms with van der Waals surface area (Å²) in [6.45, 7) is 4.85. The van der Waals surface area contributed by atoms with Gasteiger partial charge in [-0.1, -0.05) is 0 Å². The Bertz CT molecular complexity index is 1020. The molecule has 8 nitrogen and oxygen atoms in total. The number of esters is 1. The van der Waals surface area contributed by atoms with Gasteiger partial charge in [0, 0.05) is 5.56 Å². The van der Waals surface area contributed by atoms with E-state index in [0.29, 0.717) is 17.3 Å². The fourth-order valence-corrected chi connectivity index (χ4v) is 2.89. The number of ether oxygens (including phenoxy) is 2. The lowest BCUT2D eigenvalue weighted by molar-refractivity contribution is 0.0524. The maximum absolute atomic E-state index is 12.4. The molecule has 1 aromatic carbocycles. The highest BCUT2D eigenvalue weighted by Gasteiger charge is 2.28. The van der Waals surface area contributed by atoms with Crippen LogP contribution >= 0.6 is 0 Å². The van der Waals surface area contributed by atoms with Crippen LogP contribution in [0.2, 0.25) is 0 Å². The first-order chi connectivity index (χ1) is 13.9. The molecule has 0 saturated carbocycles. The molecule has 2 heterocycles. The third-order valence-corrected chi connectivity index (χ3v) is 4.21. The van der Waals surface area contributed by atoms with Gasteiger partial charge in [0.25, 0.3) is 0 Å². The van der Waals surface area contributed by atoms with E-state index in [4.69, 9.17) is 13.9 Å². The van der Waals surface area contributed by atoms with Crippen LogP contribution in [-0.4, -0.2) is 35.7 Å². The van der Waals surface area contributed by atoms with E-state index in [2.05, 4.69) is 15.5 Å². The molecular weight excluding hydrogens is 374 g/mol. The molecule has 0 aliphatic carbocycles. The number of aryl methyl sites for hydroxylation is 1. The van der Waals surface area contributed by atoms with E-state index in [-0.39, 0.29) is 29.4 Å². The molecule has 8 heteroatoms. The topological polar surface area (TPSA) is 104 Å². The van der Waals surface area contributed by atoms with Crippen molar-refractivity contribution in [2.75, 3.05) is 19.0 Å². The van der Waals surface area contributed by atoms with Gasteiger partial charge in [0.1, 0.15) is 17.1 Å². The standard InChI is InChI=1S/C21H21N3O5/c1-5-28-21(26)19-18(12(2)25)13(3)29-20(19)22-17-11-10-16(23-24-17)14-6-8-15(27-4)9-7-14/h6-11H,5H2,1-4H3,(H,22,24). The molecule has 3 rings (SSSR count). The molecule has 0 saturated heterocycles. The third-order valence-electron chi connectivity index (χ3n) is 4.21. The Morgan fingerprint density at radius 3 is 2.34 bits per heavy atom. The highest BCUT2D eigenvalue weighted by molar-refractivity contribution is 6.09. The van der Waals surface area contributed by atoms with Gasteiger partial charge in [0.05, 0.1) is 25.0 Å².